The smallest absolute Gasteiger partial charge is 0.251 e. The second-order valence-electron chi connectivity index (χ2n) is 6.73. The van der Waals surface area contributed by atoms with Gasteiger partial charge in [0.2, 0.25) is 5.91 Å². The summed E-state index contributed by atoms with van der Waals surface area (Å²) in [5.74, 6) is 0.155. The minimum absolute atomic E-state index is 0.149. The lowest BCUT2D eigenvalue weighted by atomic mass is 10.1. The van der Waals surface area contributed by atoms with Crippen molar-refractivity contribution in [3.63, 3.8) is 0 Å². The second-order valence-corrected chi connectivity index (χ2v) is 7.17. The number of anilines is 1. The highest BCUT2D eigenvalue weighted by Gasteiger charge is 2.39. The van der Waals surface area contributed by atoms with Gasteiger partial charge in [0.15, 0.2) is 0 Å². The van der Waals surface area contributed by atoms with Crippen molar-refractivity contribution in [3.8, 4) is 5.75 Å². The Morgan fingerprint density at radius 2 is 2.11 bits per heavy atom. The SMILES string of the molecule is COc1cccc(N2C(=O)CC(NCCc3c[nH]c4ccc(Cl)cc34)C2=O)c1. The molecule has 7 heteroatoms. The number of carbonyl (C=O) groups is 2. The quantitative estimate of drug-likeness (QED) is 0.626. The van der Waals surface area contributed by atoms with E-state index in [4.69, 9.17) is 16.3 Å². The number of hydrogen-bond donors (Lipinski definition) is 2. The number of ether oxygens (including phenoxy) is 1. The van der Waals surface area contributed by atoms with Crippen molar-refractivity contribution in [2.45, 2.75) is 18.9 Å². The highest BCUT2D eigenvalue weighted by Crippen LogP contribution is 2.27. The first-order chi connectivity index (χ1) is 13.6. The van der Waals surface area contributed by atoms with Crippen LogP contribution in [0.2, 0.25) is 5.02 Å². The summed E-state index contributed by atoms with van der Waals surface area (Å²) in [5.41, 5.74) is 2.67. The summed E-state index contributed by atoms with van der Waals surface area (Å²) < 4.78 is 5.18. The van der Waals surface area contributed by atoms with Gasteiger partial charge in [0.1, 0.15) is 5.75 Å². The first-order valence-corrected chi connectivity index (χ1v) is 9.44. The van der Waals surface area contributed by atoms with Crippen LogP contribution in [0.1, 0.15) is 12.0 Å². The number of methoxy groups -OCH3 is 1. The van der Waals surface area contributed by atoms with E-state index in [2.05, 4.69) is 10.3 Å². The highest BCUT2D eigenvalue weighted by atomic mass is 35.5. The number of amides is 2. The molecule has 1 unspecified atom stereocenters. The van der Waals surface area contributed by atoms with Crippen LogP contribution in [-0.4, -0.2) is 36.5 Å². The largest absolute Gasteiger partial charge is 0.497 e. The number of imide groups is 1. The molecule has 2 aromatic carbocycles. The maximum atomic E-state index is 12.7. The third kappa shape index (κ3) is 3.48. The van der Waals surface area contributed by atoms with Gasteiger partial charge in [-0.1, -0.05) is 17.7 Å². The third-order valence-corrected chi connectivity index (χ3v) is 5.21. The van der Waals surface area contributed by atoms with Crippen LogP contribution in [0.25, 0.3) is 10.9 Å². The zero-order valence-electron chi connectivity index (χ0n) is 15.4. The first-order valence-electron chi connectivity index (χ1n) is 9.06. The Kier molecular flexibility index (Phi) is 5.07. The van der Waals surface area contributed by atoms with Crippen LogP contribution in [0, 0.1) is 0 Å². The lowest BCUT2D eigenvalue weighted by molar-refractivity contribution is -0.121. The van der Waals surface area contributed by atoms with Crippen LogP contribution in [0.15, 0.2) is 48.7 Å². The van der Waals surface area contributed by atoms with Crippen molar-refractivity contribution in [3.05, 3.63) is 59.2 Å². The number of fused-ring (bicyclic) bond motifs is 1. The van der Waals surface area contributed by atoms with Crippen LogP contribution < -0.4 is 15.0 Å². The number of aromatic amines is 1. The molecule has 28 heavy (non-hydrogen) atoms. The van der Waals surface area contributed by atoms with E-state index >= 15 is 0 Å². The lowest BCUT2D eigenvalue weighted by Crippen LogP contribution is -2.39. The van der Waals surface area contributed by atoms with Gasteiger partial charge in [-0.25, -0.2) is 4.90 Å². The summed E-state index contributed by atoms with van der Waals surface area (Å²) in [5, 5.41) is 4.97. The third-order valence-electron chi connectivity index (χ3n) is 4.97. The van der Waals surface area contributed by atoms with Gasteiger partial charge in [0.05, 0.1) is 25.3 Å². The Balaban J connectivity index is 1.42. The number of nitrogens with zero attached hydrogens (tertiary/aromatic N) is 1. The number of carbonyl (C=O) groups excluding carboxylic acids is 2. The van der Waals surface area contributed by atoms with Crippen molar-refractivity contribution < 1.29 is 14.3 Å². The van der Waals surface area contributed by atoms with Gasteiger partial charge in [0.25, 0.3) is 5.91 Å². The van der Waals surface area contributed by atoms with Gasteiger partial charge < -0.3 is 15.0 Å². The van der Waals surface area contributed by atoms with Gasteiger partial charge in [-0.3, -0.25) is 9.59 Å². The average Bonchev–Trinajstić information content (AvgIpc) is 3.22. The van der Waals surface area contributed by atoms with Gasteiger partial charge in [0, 0.05) is 34.7 Å². The fourth-order valence-electron chi connectivity index (χ4n) is 3.55. The predicted octanol–water partition coefficient (Wildman–Crippen LogP) is 3.29. The van der Waals surface area contributed by atoms with Gasteiger partial charge in [-0.05, 0) is 42.3 Å². The minimum atomic E-state index is -0.521. The molecule has 0 spiro atoms. The molecular formula is C21H20ClN3O3. The zero-order chi connectivity index (χ0) is 19.7. The number of rotatable bonds is 6. The maximum absolute atomic E-state index is 12.7. The minimum Gasteiger partial charge on any atom is -0.497 e. The molecule has 0 aliphatic carbocycles. The standard InChI is InChI=1S/C21H20ClN3O3/c1-28-16-4-2-3-15(10-16)25-20(26)11-19(21(25)27)23-8-7-13-12-24-18-6-5-14(22)9-17(13)18/h2-6,9-10,12,19,23-24H,7-8,11H2,1H3. The van der Waals surface area contributed by atoms with Crippen molar-refractivity contribution in [1.29, 1.82) is 0 Å². The molecule has 0 saturated carbocycles. The van der Waals surface area contributed by atoms with E-state index in [-0.39, 0.29) is 18.2 Å². The molecule has 0 radical (unpaired) electrons. The second kappa shape index (κ2) is 7.66. The van der Waals surface area contributed by atoms with Crippen LogP contribution in [0.5, 0.6) is 5.75 Å². The molecule has 1 atom stereocenters. The number of halogens is 1. The highest BCUT2D eigenvalue weighted by molar-refractivity contribution is 6.31. The van der Waals surface area contributed by atoms with Crippen molar-refractivity contribution >= 4 is 40.0 Å². The summed E-state index contributed by atoms with van der Waals surface area (Å²) in [4.78, 5) is 29.6. The van der Waals surface area contributed by atoms with Crippen LogP contribution in [-0.2, 0) is 16.0 Å². The maximum Gasteiger partial charge on any atom is 0.251 e. The normalized spacial score (nSPS) is 16.9. The first kappa shape index (κ1) is 18.5. The van der Waals surface area contributed by atoms with Crippen molar-refractivity contribution in [2.75, 3.05) is 18.6 Å². The Morgan fingerprint density at radius 3 is 2.93 bits per heavy atom. The number of aromatic nitrogens is 1. The Bertz CT molecular complexity index is 1050. The Morgan fingerprint density at radius 1 is 1.25 bits per heavy atom. The number of nitrogens with one attached hydrogen (secondary N) is 2. The molecule has 4 rings (SSSR count). The van der Waals surface area contributed by atoms with Crippen LogP contribution >= 0.6 is 11.6 Å². The fraction of sp³-hybridized carbons (Fsp3) is 0.238. The summed E-state index contributed by atoms with van der Waals surface area (Å²) in [6.07, 6.45) is 2.82. The zero-order valence-corrected chi connectivity index (χ0v) is 16.1. The Hall–Kier alpha value is -2.83. The topological polar surface area (TPSA) is 74.4 Å². The van der Waals surface area contributed by atoms with Gasteiger partial charge in [-0.2, -0.15) is 0 Å². The van der Waals surface area contributed by atoms with E-state index < -0.39 is 6.04 Å². The van der Waals surface area contributed by atoms with Gasteiger partial charge >= 0.3 is 0 Å². The fourth-order valence-corrected chi connectivity index (χ4v) is 3.72. The molecule has 144 valence electrons. The summed E-state index contributed by atoms with van der Waals surface area (Å²) in [7, 11) is 1.55. The summed E-state index contributed by atoms with van der Waals surface area (Å²) in [6, 6.07) is 12.2. The molecule has 2 N–H and O–H groups in total. The number of hydrogen-bond acceptors (Lipinski definition) is 4. The van der Waals surface area contributed by atoms with Crippen LogP contribution in [0.3, 0.4) is 0 Å². The van der Waals surface area contributed by atoms with E-state index in [1.54, 1.807) is 31.4 Å². The van der Waals surface area contributed by atoms with E-state index in [0.29, 0.717) is 23.0 Å². The summed E-state index contributed by atoms with van der Waals surface area (Å²) in [6.45, 7) is 0.578. The Labute approximate surface area is 167 Å². The number of benzene rings is 2. The van der Waals surface area contributed by atoms with E-state index in [0.717, 1.165) is 22.9 Å². The van der Waals surface area contributed by atoms with E-state index in [9.17, 15) is 9.59 Å². The van der Waals surface area contributed by atoms with Crippen molar-refractivity contribution in [2.24, 2.45) is 0 Å². The molecule has 0 bridgehead atoms. The monoisotopic (exact) mass is 397 g/mol. The molecule has 2 heterocycles. The van der Waals surface area contributed by atoms with Crippen molar-refractivity contribution in [1.82, 2.24) is 10.3 Å². The number of H-pyrrole nitrogens is 1. The summed E-state index contributed by atoms with van der Waals surface area (Å²) >= 11 is 6.09. The molecule has 1 fully saturated rings. The molecule has 6 nitrogen and oxygen atoms in total. The molecule has 1 aliphatic heterocycles. The molecule has 2 amide bonds. The molecule has 1 aliphatic rings. The molecule has 3 aromatic rings. The molecule has 1 saturated heterocycles. The van der Waals surface area contributed by atoms with Crippen LogP contribution in [0.4, 0.5) is 5.69 Å². The predicted molar refractivity (Wildman–Crippen MR) is 109 cm³/mol. The molecule has 1 aromatic heterocycles. The lowest BCUT2D eigenvalue weighted by Gasteiger charge is -2.16. The average molecular weight is 398 g/mol. The van der Waals surface area contributed by atoms with E-state index in [1.807, 2.05) is 24.4 Å². The molecular weight excluding hydrogens is 378 g/mol. The van der Waals surface area contributed by atoms with E-state index in [1.165, 1.54) is 4.90 Å². The van der Waals surface area contributed by atoms with Gasteiger partial charge in [-0.15, -0.1) is 0 Å².